The lowest BCUT2D eigenvalue weighted by Crippen LogP contribution is -2.40. The third-order valence-corrected chi connectivity index (χ3v) is 5.34. The first-order valence-corrected chi connectivity index (χ1v) is 8.17. The average molecular weight is 304 g/mol. The van der Waals surface area contributed by atoms with Crippen LogP contribution in [0, 0.1) is 6.92 Å². The summed E-state index contributed by atoms with van der Waals surface area (Å²) >= 11 is 5.84. The average Bonchev–Trinajstić information content (AvgIpc) is 2.78. The second kappa shape index (κ2) is 5.40. The summed E-state index contributed by atoms with van der Waals surface area (Å²) in [6.45, 7) is 1.77. The molecule has 0 aromatic heterocycles. The second-order valence-electron chi connectivity index (χ2n) is 5.17. The lowest BCUT2D eigenvalue weighted by molar-refractivity contribution is 0.0531. The van der Waals surface area contributed by atoms with E-state index >= 15 is 0 Å². The maximum Gasteiger partial charge on any atom is 0.240 e. The first-order chi connectivity index (χ1) is 8.82. The molecule has 19 heavy (non-hydrogen) atoms. The maximum atomic E-state index is 12.2. The molecular weight excluding hydrogens is 286 g/mol. The van der Waals surface area contributed by atoms with Gasteiger partial charge in [0.15, 0.2) is 0 Å². The topological polar surface area (TPSA) is 66.4 Å². The van der Waals surface area contributed by atoms with Crippen LogP contribution in [0.1, 0.15) is 31.2 Å². The summed E-state index contributed by atoms with van der Waals surface area (Å²) in [6.07, 6.45) is 3.16. The molecule has 0 radical (unpaired) electrons. The van der Waals surface area contributed by atoms with Gasteiger partial charge in [-0.05, 0) is 37.5 Å². The highest BCUT2D eigenvalue weighted by Gasteiger charge is 2.32. The number of aliphatic hydroxyl groups is 1. The van der Waals surface area contributed by atoms with Crippen molar-refractivity contribution < 1.29 is 13.5 Å². The summed E-state index contributed by atoms with van der Waals surface area (Å²) < 4.78 is 26.9. The Morgan fingerprint density at radius 1 is 1.37 bits per heavy atom. The van der Waals surface area contributed by atoms with Gasteiger partial charge in [-0.1, -0.05) is 30.5 Å². The molecule has 6 heteroatoms. The van der Waals surface area contributed by atoms with Crippen molar-refractivity contribution in [1.82, 2.24) is 4.72 Å². The molecule has 0 spiro atoms. The number of nitrogens with one attached hydrogen (secondary N) is 1. The van der Waals surface area contributed by atoms with Crippen molar-refractivity contribution in [3.05, 3.63) is 28.8 Å². The van der Waals surface area contributed by atoms with E-state index in [1.54, 1.807) is 19.1 Å². The lowest BCUT2D eigenvalue weighted by atomic mass is 10.0. The lowest BCUT2D eigenvalue weighted by Gasteiger charge is -2.22. The molecule has 1 aromatic rings. The standard InChI is InChI=1S/C13H18ClNO3S/c1-10-4-5-11(14)8-12(10)19(17,18)15-9-13(16)6-2-3-7-13/h4-5,8,15-16H,2-3,6-7,9H2,1H3. The van der Waals surface area contributed by atoms with Gasteiger partial charge < -0.3 is 5.11 Å². The summed E-state index contributed by atoms with van der Waals surface area (Å²) in [5, 5.41) is 10.6. The zero-order chi connectivity index (χ0) is 14.1. The number of rotatable bonds is 4. The van der Waals surface area contributed by atoms with Crippen molar-refractivity contribution in [2.75, 3.05) is 6.54 Å². The molecule has 4 nitrogen and oxygen atoms in total. The smallest absolute Gasteiger partial charge is 0.240 e. The van der Waals surface area contributed by atoms with Crippen LogP contribution < -0.4 is 4.72 Å². The first kappa shape index (κ1) is 14.8. The fourth-order valence-corrected chi connectivity index (χ4v) is 4.01. The van der Waals surface area contributed by atoms with Gasteiger partial charge >= 0.3 is 0 Å². The number of aryl methyl sites for hydroxylation is 1. The molecule has 0 heterocycles. The molecule has 1 aliphatic carbocycles. The SMILES string of the molecule is Cc1ccc(Cl)cc1S(=O)(=O)NCC1(O)CCCC1. The normalized spacial score (nSPS) is 18.7. The fraction of sp³-hybridized carbons (Fsp3) is 0.538. The molecule has 106 valence electrons. The van der Waals surface area contributed by atoms with Crippen LogP contribution >= 0.6 is 11.6 Å². The highest BCUT2D eigenvalue weighted by atomic mass is 35.5. The Bertz CT molecular complexity index is 565. The van der Waals surface area contributed by atoms with Gasteiger partial charge in [0.05, 0.1) is 10.5 Å². The molecular formula is C13H18ClNO3S. The summed E-state index contributed by atoms with van der Waals surface area (Å²) in [4.78, 5) is 0.168. The van der Waals surface area contributed by atoms with Crippen LogP contribution in [0.2, 0.25) is 5.02 Å². The molecule has 0 amide bonds. The highest BCUT2D eigenvalue weighted by Crippen LogP contribution is 2.29. The monoisotopic (exact) mass is 303 g/mol. The van der Waals surface area contributed by atoms with E-state index in [1.807, 2.05) is 0 Å². The van der Waals surface area contributed by atoms with Crippen molar-refractivity contribution in [2.45, 2.75) is 43.1 Å². The predicted molar refractivity (Wildman–Crippen MR) is 74.8 cm³/mol. The highest BCUT2D eigenvalue weighted by molar-refractivity contribution is 7.89. The van der Waals surface area contributed by atoms with Gasteiger partial charge in [-0.25, -0.2) is 13.1 Å². The minimum Gasteiger partial charge on any atom is -0.389 e. The van der Waals surface area contributed by atoms with Crippen molar-refractivity contribution in [1.29, 1.82) is 0 Å². The molecule has 0 bridgehead atoms. The van der Waals surface area contributed by atoms with E-state index in [2.05, 4.69) is 4.72 Å². The minimum atomic E-state index is -3.63. The Balaban J connectivity index is 2.16. The number of hydrogen-bond acceptors (Lipinski definition) is 3. The summed E-state index contributed by atoms with van der Waals surface area (Å²) in [7, 11) is -3.63. The van der Waals surface area contributed by atoms with Gasteiger partial charge in [-0.15, -0.1) is 0 Å². The van der Waals surface area contributed by atoms with Crippen molar-refractivity contribution in [3.8, 4) is 0 Å². The molecule has 1 aromatic carbocycles. The van der Waals surface area contributed by atoms with Gasteiger partial charge in [-0.2, -0.15) is 0 Å². The third-order valence-electron chi connectivity index (χ3n) is 3.57. The van der Waals surface area contributed by atoms with E-state index in [0.29, 0.717) is 23.4 Å². The zero-order valence-electron chi connectivity index (χ0n) is 10.8. The Labute approximate surface area is 118 Å². The van der Waals surface area contributed by atoms with Crippen molar-refractivity contribution in [3.63, 3.8) is 0 Å². The number of halogens is 1. The van der Waals surface area contributed by atoms with E-state index < -0.39 is 15.6 Å². The van der Waals surface area contributed by atoms with Crippen molar-refractivity contribution in [2.24, 2.45) is 0 Å². The van der Waals surface area contributed by atoms with Crippen LogP contribution in [0.5, 0.6) is 0 Å². The van der Waals surface area contributed by atoms with E-state index in [1.165, 1.54) is 6.07 Å². The Hall–Kier alpha value is -0.620. The number of hydrogen-bond donors (Lipinski definition) is 2. The number of sulfonamides is 1. The van der Waals surface area contributed by atoms with E-state index in [4.69, 9.17) is 11.6 Å². The molecule has 1 saturated carbocycles. The van der Waals surface area contributed by atoms with Crippen LogP contribution in [0.3, 0.4) is 0 Å². The third kappa shape index (κ3) is 3.48. The molecule has 0 saturated heterocycles. The Morgan fingerprint density at radius 2 is 2.00 bits per heavy atom. The quantitative estimate of drug-likeness (QED) is 0.896. The van der Waals surface area contributed by atoms with Crippen LogP contribution in [0.15, 0.2) is 23.1 Å². The van der Waals surface area contributed by atoms with Gasteiger partial charge in [-0.3, -0.25) is 0 Å². The Morgan fingerprint density at radius 3 is 2.63 bits per heavy atom. The molecule has 0 unspecified atom stereocenters. The molecule has 0 aliphatic heterocycles. The minimum absolute atomic E-state index is 0.0568. The fourth-order valence-electron chi connectivity index (χ4n) is 2.38. The molecule has 0 atom stereocenters. The largest absolute Gasteiger partial charge is 0.389 e. The molecule has 2 rings (SSSR count). The number of benzene rings is 1. The zero-order valence-corrected chi connectivity index (χ0v) is 12.4. The van der Waals surface area contributed by atoms with Crippen LogP contribution in [-0.4, -0.2) is 25.7 Å². The van der Waals surface area contributed by atoms with Gasteiger partial charge in [0, 0.05) is 11.6 Å². The van der Waals surface area contributed by atoms with Gasteiger partial charge in [0.1, 0.15) is 0 Å². The van der Waals surface area contributed by atoms with Crippen LogP contribution in [0.4, 0.5) is 0 Å². The maximum absolute atomic E-state index is 12.2. The second-order valence-corrected chi connectivity index (χ2v) is 7.34. The van der Waals surface area contributed by atoms with Crippen molar-refractivity contribution >= 4 is 21.6 Å². The summed E-state index contributed by atoms with van der Waals surface area (Å²) in [5.74, 6) is 0. The van der Waals surface area contributed by atoms with E-state index in [0.717, 1.165) is 12.8 Å². The Kier molecular flexibility index (Phi) is 4.20. The van der Waals surface area contributed by atoms with E-state index in [-0.39, 0.29) is 11.4 Å². The van der Waals surface area contributed by atoms with Crippen LogP contribution in [-0.2, 0) is 10.0 Å². The summed E-state index contributed by atoms with van der Waals surface area (Å²) in [5.41, 5.74) is -0.269. The van der Waals surface area contributed by atoms with Gasteiger partial charge in [0.25, 0.3) is 0 Å². The van der Waals surface area contributed by atoms with Gasteiger partial charge in [0.2, 0.25) is 10.0 Å². The first-order valence-electron chi connectivity index (χ1n) is 6.31. The molecule has 2 N–H and O–H groups in total. The molecule has 1 aliphatic rings. The van der Waals surface area contributed by atoms with Crippen LogP contribution in [0.25, 0.3) is 0 Å². The summed E-state index contributed by atoms with van der Waals surface area (Å²) in [6, 6.07) is 4.75. The molecule has 1 fully saturated rings. The van der Waals surface area contributed by atoms with E-state index in [9.17, 15) is 13.5 Å². The predicted octanol–water partition coefficient (Wildman–Crippen LogP) is 2.23.